The number of carbonyl (C=O) groups is 2. The second kappa shape index (κ2) is 5.81. The largest absolute Gasteiger partial charge is 0.467 e. The molecule has 2 aromatic rings. The molecule has 1 amide bonds. The van der Waals surface area contributed by atoms with Crippen molar-refractivity contribution < 1.29 is 18.7 Å². The Balaban J connectivity index is 1.97. The number of methoxy groups -OCH3 is 1. The van der Waals surface area contributed by atoms with Crippen LogP contribution in [0.4, 0.5) is 0 Å². The number of nitrogens with zero attached hydrogens (tertiary/aromatic N) is 1. The average molecular weight is 260 g/mol. The monoisotopic (exact) mass is 260 g/mol. The quantitative estimate of drug-likeness (QED) is 0.840. The molecule has 19 heavy (non-hydrogen) atoms. The highest BCUT2D eigenvalue weighted by atomic mass is 16.5. The van der Waals surface area contributed by atoms with Crippen molar-refractivity contribution in [1.29, 1.82) is 0 Å². The van der Waals surface area contributed by atoms with E-state index in [1.54, 1.807) is 12.1 Å². The summed E-state index contributed by atoms with van der Waals surface area (Å²) in [7, 11) is 1.28. The molecule has 2 heterocycles. The molecule has 0 fully saturated rings. The molecule has 0 bridgehead atoms. The molecule has 0 aliphatic rings. The topological polar surface area (TPSA) is 81.4 Å². The molecule has 0 saturated heterocycles. The van der Waals surface area contributed by atoms with E-state index >= 15 is 0 Å². The van der Waals surface area contributed by atoms with Crippen LogP contribution in [0.25, 0.3) is 0 Å². The number of furan rings is 1. The van der Waals surface area contributed by atoms with Crippen molar-refractivity contribution in [2.24, 2.45) is 0 Å². The van der Waals surface area contributed by atoms with Crippen molar-refractivity contribution in [2.45, 2.75) is 6.54 Å². The lowest BCUT2D eigenvalue weighted by Crippen LogP contribution is -2.23. The fourth-order valence-corrected chi connectivity index (χ4v) is 1.44. The maximum atomic E-state index is 11.8. The number of hydrogen-bond acceptors (Lipinski definition) is 5. The van der Waals surface area contributed by atoms with E-state index < -0.39 is 5.97 Å². The molecule has 6 heteroatoms. The van der Waals surface area contributed by atoms with Gasteiger partial charge < -0.3 is 14.5 Å². The first-order chi connectivity index (χ1) is 9.20. The smallest absolute Gasteiger partial charge is 0.339 e. The highest BCUT2D eigenvalue weighted by molar-refractivity contribution is 5.94. The van der Waals surface area contributed by atoms with Gasteiger partial charge in [-0.3, -0.25) is 9.78 Å². The summed E-state index contributed by atoms with van der Waals surface area (Å²) in [5, 5.41) is 2.65. The minimum Gasteiger partial charge on any atom is -0.467 e. The highest BCUT2D eigenvalue weighted by Crippen LogP contribution is 2.03. The van der Waals surface area contributed by atoms with E-state index in [4.69, 9.17) is 4.42 Å². The second-order valence-electron chi connectivity index (χ2n) is 3.69. The number of hydrogen-bond donors (Lipinski definition) is 1. The normalized spacial score (nSPS) is 9.95. The second-order valence-corrected chi connectivity index (χ2v) is 3.69. The Morgan fingerprint density at radius 3 is 2.79 bits per heavy atom. The molecular weight excluding hydrogens is 248 g/mol. The molecule has 1 N–H and O–H groups in total. The number of carbonyl (C=O) groups excluding carboxylic acids is 2. The number of rotatable bonds is 4. The molecule has 0 aliphatic carbocycles. The van der Waals surface area contributed by atoms with Crippen LogP contribution in [0.2, 0.25) is 0 Å². The fraction of sp³-hybridized carbons (Fsp3) is 0.154. The summed E-state index contributed by atoms with van der Waals surface area (Å²) in [6.45, 7) is 0.284. The third-order valence-electron chi connectivity index (χ3n) is 2.42. The third kappa shape index (κ3) is 3.19. The van der Waals surface area contributed by atoms with Crippen molar-refractivity contribution in [2.75, 3.05) is 7.11 Å². The first-order valence-corrected chi connectivity index (χ1v) is 5.55. The standard InChI is InChI=1S/C13H12N2O4/c1-18-13(17)9-4-5-11(14-7-9)12(16)15-8-10-3-2-6-19-10/h2-7H,8H2,1H3,(H,15,16). The van der Waals surface area contributed by atoms with Crippen molar-refractivity contribution in [3.63, 3.8) is 0 Å². The molecule has 0 atom stereocenters. The maximum absolute atomic E-state index is 11.8. The Bertz CT molecular complexity index is 561. The van der Waals surface area contributed by atoms with E-state index in [1.807, 2.05) is 0 Å². The molecule has 0 unspecified atom stereocenters. The lowest BCUT2D eigenvalue weighted by molar-refractivity contribution is 0.0599. The Morgan fingerprint density at radius 2 is 2.21 bits per heavy atom. The van der Waals surface area contributed by atoms with E-state index in [0.29, 0.717) is 11.3 Å². The molecule has 0 spiro atoms. The van der Waals surface area contributed by atoms with Gasteiger partial charge in [-0.15, -0.1) is 0 Å². The molecule has 6 nitrogen and oxygen atoms in total. The van der Waals surface area contributed by atoms with Gasteiger partial charge in [0.1, 0.15) is 11.5 Å². The summed E-state index contributed by atoms with van der Waals surface area (Å²) in [6, 6.07) is 6.45. The van der Waals surface area contributed by atoms with E-state index in [0.717, 1.165) is 0 Å². The SMILES string of the molecule is COC(=O)c1ccc(C(=O)NCc2ccco2)nc1. The van der Waals surface area contributed by atoms with Crippen LogP contribution in [-0.2, 0) is 11.3 Å². The Kier molecular flexibility index (Phi) is 3.92. The summed E-state index contributed by atoms with van der Waals surface area (Å²) < 4.78 is 9.63. The van der Waals surface area contributed by atoms with Crippen LogP contribution in [-0.4, -0.2) is 24.0 Å². The van der Waals surface area contributed by atoms with Crippen LogP contribution in [0.3, 0.4) is 0 Å². The van der Waals surface area contributed by atoms with Gasteiger partial charge >= 0.3 is 5.97 Å². The molecule has 0 aromatic carbocycles. The Labute approximate surface area is 109 Å². The summed E-state index contributed by atoms with van der Waals surface area (Å²) in [5.74, 6) is -0.178. The van der Waals surface area contributed by atoms with Gasteiger partial charge in [0.05, 0.1) is 25.5 Å². The average Bonchev–Trinajstić information content (AvgIpc) is 2.97. The van der Waals surface area contributed by atoms with Gasteiger partial charge in [0.15, 0.2) is 0 Å². The molecule has 2 rings (SSSR count). The molecule has 98 valence electrons. The van der Waals surface area contributed by atoms with Crippen LogP contribution in [0.1, 0.15) is 26.6 Å². The van der Waals surface area contributed by atoms with Gasteiger partial charge in [0.2, 0.25) is 0 Å². The van der Waals surface area contributed by atoms with Crippen LogP contribution >= 0.6 is 0 Å². The predicted molar refractivity (Wildman–Crippen MR) is 65.5 cm³/mol. The fourth-order valence-electron chi connectivity index (χ4n) is 1.44. The van der Waals surface area contributed by atoms with Gasteiger partial charge in [-0.1, -0.05) is 0 Å². The first kappa shape index (κ1) is 12.8. The Hall–Kier alpha value is -2.63. The van der Waals surface area contributed by atoms with Crippen molar-refractivity contribution in [1.82, 2.24) is 10.3 Å². The minimum absolute atomic E-state index is 0.221. The summed E-state index contributed by atoms with van der Waals surface area (Å²) in [5.41, 5.74) is 0.518. The number of aromatic nitrogens is 1. The molecule has 0 radical (unpaired) electrons. The molecule has 0 aliphatic heterocycles. The lowest BCUT2D eigenvalue weighted by atomic mass is 10.2. The summed E-state index contributed by atoms with van der Waals surface area (Å²) in [4.78, 5) is 26.9. The molecular formula is C13H12N2O4. The number of nitrogens with one attached hydrogen (secondary N) is 1. The van der Waals surface area contributed by atoms with Crippen LogP contribution in [0, 0.1) is 0 Å². The van der Waals surface area contributed by atoms with Crippen LogP contribution in [0.15, 0.2) is 41.1 Å². The number of amides is 1. The number of pyridine rings is 1. The summed E-state index contributed by atoms with van der Waals surface area (Å²) in [6.07, 6.45) is 2.83. The lowest BCUT2D eigenvalue weighted by Gasteiger charge is -2.03. The van der Waals surface area contributed by atoms with Crippen molar-refractivity contribution >= 4 is 11.9 Å². The first-order valence-electron chi connectivity index (χ1n) is 5.55. The van der Waals surface area contributed by atoms with Crippen molar-refractivity contribution in [3.05, 3.63) is 53.7 Å². The number of esters is 1. The molecule has 0 saturated carbocycles. The van der Waals surface area contributed by atoms with E-state index in [1.165, 1.54) is 31.7 Å². The van der Waals surface area contributed by atoms with Gasteiger partial charge in [0, 0.05) is 6.20 Å². The third-order valence-corrected chi connectivity index (χ3v) is 2.42. The Morgan fingerprint density at radius 1 is 1.37 bits per heavy atom. The van der Waals surface area contributed by atoms with Gasteiger partial charge in [-0.05, 0) is 24.3 Å². The van der Waals surface area contributed by atoms with E-state index in [-0.39, 0.29) is 18.1 Å². The predicted octanol–water partition coefficient (Wildman–Crippen LogP) is 1.39. The van der Waals surface area contributed by atoms with Crippen molar-refractivity contribution in [3.8, 4) is 0 Å². The van der Waals surface area contributed by atoms with E-state index in [2.05, 4.69) is 15.0 Å². The highest BCUT2D eigenvalue weighted by Gasteiger charge is 2.10. The minimum atomic E-state index is -0.491. The zero-order valence-electron chi connectivity index (χ0n) is 10.3. The van der Waals surface area contributed by atoms with Crippen LogP contribution < -0.4 is 5.32 Å². The van der Waals surface area contributed by atoms with Gasteiger partial charge in [0.25, 0.3) is 5.91 Å². The zero-order chi connectivity index (χ0) is 13.7. The zero-order valence-corrected chi connectivity index (χ0v) is 10.3. The van der Waals surface area contributed by atoms with E-state index in [9.17, 15) is 9.59 Å². The van der Waals surface area contributed by atoms with Gasteiger partial charge in [-0.2, -0.15) is 0 Å². The maximum Gasteiger partial charge on any atom is 0.339 e. The molecule has 2 aromatic heterocycles. The summed E-state index contributed by atoms with van der Waals surface area (Å²) >= 11 is 0. The van der Waals surface area contributed by atoms with Gasteiger partial charge in [-0.25, -0.2) is 4.79 Å². The van der Waals surface area contributed by atoms with Crippen LogP contribution in [0.5, 0.6) is 0 Å². The number of ether oxygens (including phenoxy) is 1.